The fourth-order valence-electron chi connectivity index (χ4n) is 2.21. The van der Waals surface area contributed by atoms with Gasteiger partial charge in [0.05, 0.1) is 4.83 Å². The monoisotopic (exact) mass is 406 g/mol. The highest BCUT2D eigenvalue weighted by atomic mass is 79.9. The lowest BCUT2D eigenvalue weighted by Crippen LogP contribution is -2.51. The van der Waals surface area contributed by atoms with Gasteiger partial charge in [0.15, 0.2) is 12.2 Å². The second-order valence-electron chi connectivity index (χ2n) is 5.14. The van der Waals surface area contributed by atoms with Gasteiger partial charge in [0, 0.05) is 33.3 Å². The number of ether oxygens (including phenoxy) is 4. The molecule has 0 unspecified atom stereocenters. The Balaban J connectivity index is 3.20. The Kier molecular flexibility index (Phi) is 7.40. The minimum absolute atomic E-state index is 0.192. The molecule has 0 saturated heterocycles. The first-order valence-corrected chi connectivity index (χ1v) is 8.03. The number of halogens is 1. The Bertz CT molecular complexity index is 556. The van der Waals surface area contributed by atoms with Gasteiger partial charge in [0.25, 0.3) is 0 Å². The van der Waals surface area contributed by atoms with Crippen molar-refractivity contribution in [1.29, 1.82) is 0 Å². The smallest absolute Gasteiger partial charge is 0.303 e. The van der Waals surface area contributed by atoms with Gasteiger partial charge in [-0.25, -0.2) is 0 Å². The van der Waals surface area contributed by atoms with Crippen molar-refractivity contribution in [2.24, 2.45) is 0 Å². The quantitative estimate of drug-likeness (QED) is 0.288. The van der Waals surface area contributed by atoms with E-state index < -0.39 is 47.0 Å². The second kappa shape index (κ2) is 8.81. The minimum Gasteiger partial charge on any atom is -0.461 e. The van der Waals surface area contributed by atoms with E-state index in [2.05, 4.69) is 15.9 Å². The number of hydrogen-bond acceptors (Lipinski definition) is 8. The third-order valence-electron chi connectivity index (χ3n) is 3.01. The fourth-order valence-corrected chi connectivity index (χ4v) is 2.85. The van der Waals surface area contributed by atoms with E-state index in [0.29, 0.717) is 5.57 Å². The summed E-state index contributed by atoms with van der Waals surface area (Å²) in [5.41, 5.74) is 0.355. The summed E-state index contributed by atoms with van der Waals surface area (Å²) in [6.07, 6.45) is -1.20. The van der Waals surface area contributed by atoms with Crippen LogP contribution in [-0.2, 0) is 38.1 Å². The summed E-state index contributed by atoms with van der Waals surface area (Å²) in [5, 5.41) is 0. The maximum atomic E-state index is 11.4. The summed E-state index contributed by atoms with van der Waals surface area (Å²) in [6.45, 7) is 4.68. The molecule has 4 atom stereocenters. The molecule has 0 fully saturated rings. The van der Waals surface area contributed by atoms with Crippen molar-refractivity contribution in [3.63, 3.8) is 0 Å². The molecule has 24 heavy (non-hydrogen) atoms. The highest BCUT2D eigenvalue weighted by Crippen LogP contribution is 2.32. The van der Waals surface area contributed by atoms with Gasteiger partial charge in [-0.05, 0) is 6.08 Å². The summed E-state index contributed by atoms with van der Waals surface area (Å²) in [5.74, 6) is -2.28. The lowest BCUT2D eigenvalue weighted by Gasteiger charge is -2.37. The molecule has 0 aromatic carbocycles. The summed E-state index contributed by atoms with van der Waals surface area (Å²) >= 11 is 3.32. The summed E-state index contributed by atoms with van der Waals surface area (Å²) in [7, 11) is 0. The van der Waals surface area contributed by atoms with Crippen LogP contribution in [0.15, 0.2) is 11.6 Å². The molecule has 0 aromatic rings. The van der Waals surface area contributed by atoms with Crippen LogP contribution in [0.5, 0.6) is 0 Å². The highest BCUT2D eigenvalue weighted by molar-refractivity contribution is 9.09. The summed E-state index contributed by atoms with van der Waals surface area (Å²) in [6, 6.07) is 0. The van der Waals surface area contributed by atoms with E-state index >= 15 is 0 Å². The maximum Gasteiger partial charge on any atom is 0.303 e. The first-order chi connectivity index (χ1) is 11.1. The van der Waals surface area contributed by atoms with E-state index in [1.807, 2.05) is 0 Å². The largest absolute Gasteiger partial charge is 0.461 e. The van der Waals surface area contributed by atoms with Crippen LogP contribution >= 0.6 is 15.9 Å². The van der Waals surface area contributed by atoms with E-state index in [9.17, 15) is 19.2 Å². The van der Waals surface area contributed by atoms with Crippen LogP contribution < -0.4 is 0 Å². The Morgan fingerprint density at radius 3 is 1.92 bits per heavy atom. The lowest BCUT2D eigenvalue weighted by molar-refractivity contribution is -0.167. The molecule has 0 N–H and O–H groups in total. The molecule has 0 spiro atoms. The lowest BCUT2D eigenvalue weighted by atomic mass is 9.91. The zero-order valence-corrected chi connectivity index (χ0v) is 15.3. The van der Waals surface area contributed by atoms with Crippen LogP contribution in [0.3, 0.4) is 0 Å². The number of hydrogen-bond donors (Lipinski definition) is 0. The maximum absolute atomic E-state index is 11.4. The van der Waals surface area contributed by atoms with Crippen LogP contribution in [0.4, 0.5) is 0 Å². The summed E-state index contributed by atoms with van der Waals surface area (Å²) < 4.78 is 20.6. The first-order valence-electron chi connectivity index (χ1n) is 7.11. The number of alkyl halides is 1. The SMILES string of the molecule is CC(=O)OCC1=C[C@H](OC(C)=O)[C@@H](Br)[C@@H](OC(C)=O)[C@@H]1OC(C)=O. The molecule has 134 valence electrons. The van der Waals surface area contributed by atoms with Crippen molar-refractivity contribution >= 4 is 39.8 Å². The van der Waals surface area contributed by atoms with Gasteiger partial charge in [0.2, 0.25) is 0 Å². The van der Waals surface area contributed by atoms with E-state index in [4.69, 9.17) is 18.9 Å². The van der Waals surface area contributed by atoms with Crippen LogP contribution in [0.1, 0.15) is 27.7 Å². The molecule has 8 nitrogen and oxygen atoms in total. The molecule has 1 aliphatic rings. The Hall–Kier alpha value is -1.90. The average molecular weight is 407 g/mol. The van der Waals surface area contributed by atoms with Gasteiger partial charge in [-0.2, -0.15) is 0 Å². The topological polar surface area (TPSA) is 105 Å². The number of carbonyl (C=O) groups excluding carboxylic acids is 4. The van der Waals surface area contributed by atoms with Crippen LogP contribution in [0, 0.1) is 0 Å². The molecule has 0 aromatic heterocycles. The highest BCUT2D eigenvalue weighted by Gasteiger charge is 2.44. The van der Waals surface area contributed by atoms with Crippen LogP contribution in [0.2, 0.25) is 0 Å². The van der Waals surface area contributed by atoms with Gasteiger partial charge in [-0.15, -0.1) is 0 Å². The Morgan fingerprint density at radius 2 is 1.46 bits per heavy atom. The zero-order valence-electron chi connectivity index (χ0n) is 13.7. The van der Waals surface area contributed by atoms with Crippen molar-refractivity contribution in [3.8, 4) is 0 Å². The predicted molar refractivity (Wildman–Crippen MR) is 84.1 cm³/mol. The average Bonchev–Trinajstić information content (AvgIpc) is 2.42. The number of esters is 4. The van der Waals surface area contributed by atoms with E-state index in [0.717, 1.165) is 0 Å². The standard InChI is InChI=1S/C15H19BrO8/c1-7(17)21-6-11-5-12(22-8(2)18)13(16)15(24-10(4)20)14(11)23-9(3)19/h5,12-15H,6H2,1-4H3/t12-,13+,14+,15+/m0/s1. The molecular weight excluding hydrogens is 388 g/mol. The molecule has 0 saturated carbocycles. The van der Waals surface area contributed by atoms with Crippen LogP contribution in [-0.4, -0.2) is 53.6 Å². The number of carbonyl (C=O) groups is 4. The van der Waals surface area contributed by atoms with Crippen molar-refractivity contribution in [1.82, 2.24) is 0 Å². The third-order valence-corrected chi connectivity index (χ3v) is 4.05. The van der Waals surface area contributed by atoms with E-state index in [-0.39, 0.29) is 6.61 Å². The van der Waals surface area contributed by atoms with Gasteiger partial charge < -0.3 is 18.9 Å². The molecule has 0 amide bonds. The zero-order chi connectivity index (χ0) is 18.4. The molecule has 9 heteroatoms. The fraction of sp³-hybridized carbons (Fsp3) is 0.600. The third kappa shape index (κ3) is 5.95. The Labute approximate surface area is 147 Å². The van der Waals surface area contributed by atoms with Gasteiger partial charge in [0.1, 0.15) is 12.7 Å². The van der Waals surface area contributed by atoms with Crippen molar-refractivity contribution in [3.05, 3.63) is 11.6 Å². The van der Waals surface area contributed by atoms with Gasteiger partial charge in [-0.3, -0.25) is 19.2 Å². The second-order valence-corrected chi connectivity index (χ2v) is 6.20. The van der Waals surface area contributed by atoms with E-state index in [1.54, 1.807) is 0 Å². The Morgan fingerprint density at radius 1 is 0.917 bits per heavy atom. The van der Waals surface area contributed by atoms with E-state index in [1.165, 1.54) is 33.8 Å². The van der Waals surface area contributed by atoms with Gasteiger partial charge in [-0.1, -0.05) is 15.9 Å². The molecule has 1 aliphatic carbocycles. The molecular formula is C15H19BrO8. The summed E-state index contributed by atoms with van der Waals surface area (Å²) in [4.78, 5) is 44.5. The van der Waals surface area contributed by atoms with Crippen molar-refractivity contribution in [2.45, 2.75) is 50.8 Å². The van der Waals surface area contributed by atoms with Crippen molar-refractivity contribution < 1.29 is 38.1 Å². The van der Waals surface area contributed by atoms with Crippen molar-refractivity contribution in [2.75, 3.05) is 6.61 Å². The predicted octanol–water partition coefficient (Wildman–Crippen LogP) is 1.05. The minimum atomic E-state index is -0.970. The molecule has 0 radical (unpaired) electrons. The normalized spacial score (nSPS) is 26.0. The number of rotatable bonds is 5. The molecule has 0 aliphatic heterocycles. The molecule has 0 bridgehead atoms. The van der Waals surface area contributed by atoms with Gasteiger partial charge >= 0.3 is 23.9 Å². The van der Waals surface area contributed by atoms with Crippen LogP contribution in [0.25, 0.3) is 0 Å². The molecule has 0 heterocycles. The molecule has 1 rings (SSSR count). The first kappa shape index (κ1) is 20.1.